The second-order valence-electron chi connectivity index (χ2n) is 3.06. The molecule has 0 N–H and O–H groups in total. The molecule has 0 unspecified atom stereocenters. The molecule has 2 rings (SSSR count). The molecule has 0 saturated heterocycles. The number of rotatable bonds is 2. The number of ketones is 1. The van der Waals surface area contributed by atoms with Crippen molar-refractivity contribution >= 4 is 21.7 Å². The number of hydrogen-bond donors (Lipinski definition) is 0. The molecule has 1 aromatic carbocycles. The maximum Gasteiger partial charge on any atom is 0.181 e. The largest absolute Gasteiger partial charge is 0.293 e. The molecular weight excluding hydrogens is 258 g/mol. The van der Waals surface area contributed by atoms with Gasteiger partial charge in [0.15, 0.2) is 5.78 Å². The zero-order valence-electron chi connectivity index (χ0n) is 8.01. The highest BCUT2D eigenvalue weighted by molar-refractivity contribution is 9.10. The van der Waals surface area contributed by atoms with Gasteiger partial charge in [0, 0.05) is 11.4 Å². The molecule has 0 spiro atoms. The van der Waals surface area contributed by atoms with Crippen LogP contribution in [-0.4, -0.2) is 20.8 Å². The number of nitrogens with zero attached hydrogens (tertiary/aromatic N) is 3. The van der Waals surface area contributed by atoms with E-state index in [9.17, 15) is 4.79 Å². The zero-order valence-corrected chi connectivity index (χ0v) is 9.60. The van der Waals surface area contributed by atoms with E-state index in [0.29, 0.717) is 5.69 Å². The molecule has 0 aliphatic heterocycles. The third-order valence-corrected chi connectivity index (χ3v) is 2.62. The van der Waals surface area contributed by atoms with Gasteiger partial charge in [0.25, 0.3) is 0 Å². The Hall–Kier alpha value is -1.49. The van der Waals surface area contributed by atoms with Crippen LogP contribution in [-0.2, 0) is 0 Å². The number of benzene rings is 1. The quantitative estimate of drug-likeness (QED) is 0.783. The van der Waals surface area contributed by atoms with Gasteiger partial charge in [-0.25, -0.2) is 4.68 Å². The average Bonchev–Trinajstić information content (AvgIpc) is 2.67. The lowest BCUT2D eigenvalue weighted by Gasteiger charge is -2.01. The predicted molar refractivity (Wildman–Crippen MR) is 59.1 cm³/mol. The molecule has 1 aromatic heterocycles. The molecule has 0 radical (unpaired) electrons. The van der Waals surface area contributed by atoms with E-state index < -0.39 is 0 Å². The fourth-order valence-corrected chi connectivity index (χ4v) is 1.65. The first-order valence-electron chi connectivity index (χ1n) is 4.36. The molecule has 0 aliphatic rings. The van der Waals surface area contributed by atoms with Crippen LogP contribution in [0.5, 0.6) is 0 Å². The summed E-state index contributed by atoms with van der Waals surface area (Å²) in [6, 6.07) is 7.61. The normalized spacial score (nSPS) is 10.3. The van der Waals surface area contributed by atoms with Crippen molar-refractivity contribution in [1.29, 1.82) is 0 Å². The van der Waals surface area contributed by atoms with E-state index in [4.69, 9.17) is 0 Å². The van der Waals surface area contributed by atoms with Crippen molar-refractivity contribution in [3.05, 3.63) is 40.6 Å². The lowest BCUT2D eigenvalue weighted by atomic mass is 10.3. The van der Waals surface area contributed by atoms with Crippen molar-refractivity contribution in [3.63, 3.8) is 0 Å². The smallest absolute Gasteiger partial charge is 0.181 e. The zero-order chi connectivity index (χ0) is 10.8. The van der Waals surface area contributed by atoms with Crippen molar-refractivity contribution in [1.82, 2.24) is 15.0 Å². The molecule has 0 saturated carbocycles. The van der Waals surface area contributed by atoms with Crippen LogP contribution in [0, 0.1) is 0 Å². The van der Waals surface area contributed by atoms with Crippen molar-refractivity contribution in [2.45, 2.75) is 6.92 Å². The molecule has 0 fully saturated rings. The van der Waals surface area contributed by atoms with Crippen LogP contribution in [0.3, 0.4) is 0 Å². The van der Waals surface area contributed by atoms with Crippen LogP contribution in [0.2, 0.25) is 0 Å². The minimum Gasteiger partial charge on any atom is -0.293 e. The van der Waals surface area contributed by atoms with Crippen molar-refractivity contribution < 1.29 is 4.79 Å². The number of para-hydroxylation sites is 1. The summed E-state index contributed by atoms with van der Waals surface area (Å²) >= 11 is 3.41. The third-order valence-electron chi connectivity index (χ3n) is 1.95. The van der Waals surface area contributed by atoms with Gasteiger partial charge in [0.1, 0.15) is 5.69 Å². The summed E-state index contributed by atoms with van der Waals surface area (Å²) in [4.78, 5) is 11.0. The monoisotopic (exact) mass is 265 g/mol. The van der Waals surface area contributed by atoms with Gasteiger partial charge in [0.2, 0.25) is 0 Å². The van der Waals surface area contributed by atoms with Gasteiger partial charge in [-0.2, -0.15) is 0 Å². The predicted octanol–water partition coefficient (Wildman–Crippen LogP) is 2.23. The molecule has 15 heavy (non-hydrogen) atoms. The van der Waals surface area contributed by atoms with E-state index in [1.807, 2.05) is 24.3 Å². The second kappa shape index (κ2) is 3.94. The van der Waals surface area contributed by atoms with E-state index in [1.165, 1.54) is 6.92 Å². The summed E-state index contributed by atoms with van der Waals surface area (Å²) in [7, 11) is 0. The molecule has 0 amide bonds. The third kappa shape index (κ3) is 1.97. The van der Waals surface area contributed by atoms with Crippen LogP contribution < -0.4 is 0 Å². The van der Waals surface area contributed by atoms with Gasteiger partial charge in [-0.15, -0.1) is 5.10 Å². The minimum absolute atomic E-state index is 0.0895. The molecule has 4 nitrogen and oxygen atoms in total. The first kappa shape index (κ1) is 10.0. The Morgan fingerprint density at radius 3 is 2.73 bits per heavy atom. The molecular formula is C10H8BrN3O. The van der Waals surface area contributed by atoms with E-state index >= 15 is 0 Å². The van der Waals surface area contributed by atoms with Gasteiger partial charge in [-0.3, -0.25) is 4.79 Å². The second-order valence-corrected chi connectivity index (χ2v) is 3.91. The number of hydrogen-bond acceptors (Lipinski definition) is 3. The first-order valence-corrected chi connectivity index (χ1v) is 5.16. The summed E-state index contributed by atoms with van der Waals surface area (Å²) in [6.45, 7) is 1.47. The summed E-state index contributed by atoms with van der Waals surface area (Å²) in [5.74, 6) is -0.0895. The van der Waals surface area contributed by atoms with Crippen molar-refractivity contribution in [2.24, 2.45) is 0 Å². The maximum absolute atomic E-state index is 11.0. The molecule has 0 aliphatic carbocycles. The van der Waals surface area contributed by atoms with Crippen LogP contribution in [0.1, 0.15) is 17.4 Å². The standard InChI is InChI=1S/C10H8BrN3O/c1-7(15)9-6-14(13-12-9)10-5-3-2-4-8(10)11/h2-6H,1H3. The molecule has 5 heteroatoms. The molecule has 1 heterocycles. The van der Waals surface area contributed by atoms with Gasteiger partial charge >= 0.3 is 0 Å². The average molecular weight is 266 g/mol. The fourth-order valence-electron chi connectivity index (χ4n) is 1.18. The Morgan fingerprint density at radius 1 is 1.40 bits per heavy atom. The highest BCUT2D eigenvalue weighted by Gasteiger charge is 2.07. The highest BCUT2D eigenvalue weighted by atomic mass is 79.9. The van der Waals surface area contributed by atoms with Crippen LogP contribution >= 0.6 is 15.9 Å². The van der Waals surface area contributed by atoms with Gasteiger partial charge in [0.05, 0.1) is 11.9 Å². The van der Waals surface area contributed by atoms with Crippen LogP contribution in [0.25, 0.3) is 5.69 Å². The Labute approximate surface area is 95.0 Å². The van der Waals surface area contributed by atoms with Crippen LogP contribution in [0.15, 0.2) is 34.9 Å². The Kier molecular flexibility index (Phi) is 2.64. The lowest BCUT2D eigenvalue weighted by Crippen LogP contribution is -1.95. The maximum atomic E-state index is 11.0. The van der Waals surface area contributed by atoms with E-state index in [0.717, 1.165) is 10.2 Å². The lowest BCUT2D eigenvalue weighted by molar-refractivity contribution is 0.101. The Balaban J connectivity index is 2.46. The minimum atomic E-state index is -0.0895. The summed E-state index contributed by atoms with van der Waals surface area (Å²) in [6.07, 6.45) is 1.61. The van der Waals surface area contributed by atoms with Crippen molar-refractivity contribution in [2.75, 3.05) is 0 Å². The van der Waals surface area contributed by atoms with E-state index in [-0.39, 0.29) is 5.78 Å². The Morgan fingerprint density at radius 2 is 2.13 bits per heavy atom. The van der Waals surface area contributed by atoms with E-state index in [1.54, 1.807) is 10.9 Å². The number of aromatic nitrogens is 3. The molecule has 0 bridgehead atoms. The summed E-state index contributed by atoms with van der Waals surface area (Å²) < 4.78 is 2.48. The molecule has 2 aromatic rings. The summed E-state index contributed by atoms with van der Waals surface area (Å²) in [5, 5.41) is 7.66. The fraction of sp³-hybridized carbons (Fsp3) is 0.100. The number of halogens is 1. The molecule has 76 valence electrons. The number of carbonyl (C=O) groups is 1. The van der Waals surface area contributed by atoms with Gasteiger partial charge in [-0.05, 0) is 28.1 Å². The SMILES string of the molecule is CC(=O)c1cn(-c2ccccc2Br)nn1. The highest BCUT2D eigenvalue weighted by Crippen LogP contribution is 2.19. The first-order chi connectivity index (χ1) is 7.18. The molecule has 0 atom stereocenters. The van der Waals surface area contributed by atoms with Crippen molar-refractivity contribution in [3.8, 4) is 5.69 Å². The number of carbonyl (C=O) groups excluding carboxylic acids is 1. The number of Topliss-reactive ketones (excluding diaryl/α,β-unsaturated/α-hetero) is 1. The van der Waals surface area contributed by atoms with E-state index in [2.05, 4.69) is 26.2 Å². The van der Waals surface area contributed by atoms with Crippen LogP contribution in [0.4, 0.5) is 0 Å². The topological polar surface area (TPSA) is 47.8 Å². The van der Waals surface area contributed by atoms with Gasteiger partial charge < -0.3 is 0 Å². The van der Waals surface area contributed by atoms with Gasteiger partial charge in [-0.1, -0.05) is 17.3 Å². The summed E-state index contributed by atoms with van der Waals surface area (Å²) in [5.41, 5.74) is 1.23. The Bertz CT molecular complexity index is 507.